The second-order valence-corrected chi connectivity index (χ2v) is 27.6. The van der Waals surface area contributed by atoms with Crippen molar-refractivity contribution in [2.75, 3.05) is 26.2 Å². The van der Waals surface area contributed by atoms with Crippen LogP contribution in [0.5, 0.6) is 0 Å². The summed E-state index contributed by atoms with van der Waals surface area (Å²) >= 11 is 0. The van der Waals surface area contributed by atoms with Crippen LogP contribution in [0.3, 0.4) is 0 Å². The molecule has 26 heteroatoms. The van der Waals surface area contributed by atoms with E-state index in [1.54, 1.807) is 13.8 Å². The monoisotopic (exact) mass is 1230 g/mol. The molecule has 8 unspecified atom stereocenters. The Morgan fingerprint density at radius 1 is 0.437 bits per heavy atom. The van der Waals surface area contributed by atoms with E-state index in [2.05, 4.69) is 47.9 Å². The molecule has 0 aromatic carbocycles. The molecule has 3 heterocycles. The summed E-state index contributed by atoms with van der Waals surface area (Å²) in [6.45, 7) is 31.3. The van der Waals surface area contributed by atoms with Gasteiger partial charge in [-0.2, -0.15) is 0 Å². The molecule has 3 rings (SSSR count). The van der Waals surface area contributed by atoms with Gasteiger partial charge >= 0.3 is 5.97 Å². The summed E-state index contributed by atoms with van der Waals surface area (Å²) in [4.78, 5) is 181. The summed E-state index contributed by atoms with van der Waals surface area (Å²) in [6.07, 6.45) is 3.16. The van der Waals surface area contributed by atoms with Gasteiger partial charge in [0, 0.05) is 33.5 Å². The predicted molar refractivity (Wildman–Crippen MR) is 324 cm³/mol. The SMILES string of the molecule is CC(=O)NC(CC(C)C)C(=O)NC(C)(C)C(=O)N1CCCC1C(=O)NC(C)(C)C(=O)NC(CC(C)C)C(=O)NC(C)(C)C(=O)N1CCCC1C(=O)NC(C)C(=O)NC(C)(C)C(=O)N1CCCC1C(=O)NC(C(=O)NC(COC(C)=O)CC(C)C)C(C)C. The molecule has 3 aliphatic rings. The first-order chi connectivity index (χ1) is 40.0. The quantitative estimate of drug-likeness (QED) is 0.0478. The molecule has 0 aromatic heterocycles. The summed E-state index contributed by atoms with van der Waals surface area (Å²) in [7, 11) is 0. The molecule has 0 spiro atoms. The predicted octanol–water partition coefficient (Wildman–Crippen LogP) is 1.36. The number of esters is 1. The van der Waals surface area contributed by atoms with Gasteiger partial charge in [-0.25, -0.2) is 0 Å². The van der Waals surface area contributed by atoms with Gasteiger partial charge in [0.25, 0.3) is 0 Å². The average Bonchev–Trinajstić information content (AvgIpc) is 2.07. The van der Waals surface area contributed by atoms with Gasteiger partial charge < -0.3 is 67.3 Å². The summed E-state index contributed by atoms with van der Waals surface area (Å²) in [6, 6.07) is -7.75. The molecular weight excluding hydrogens is 1120 g/mol. The van der Waals surface area contributed by atoms with Gasteiger partial charge in [0.1, 0.15) is 71.1 Å². The van der Waals surface area contributed by atoms with Crippen molar-refractivity contribution >= 4 is 76.9 Å². The Morgan fingerprint density at radius 3 is 1.20 bits per heavy atom. The standard InChI is InChI=1S/C61H104N12O14/c1-33(2)29-40(32-87-39(11)75)64-53(82)46(36(7)8)66-51(80)44-24-21-27-72(44)55(84)59(14,15)67-47(76)37(9)62-50(79)43-23-20-26-71(43)56(85)60(16,17)69-49(78)42(31-35(5)6)65-54(83)58(12,13)70-52(81)45-25-22-28-73(45)57(86)61(18,19)68-48(77)41(30-34(3)4)63-38(10)74/h33-37,40-46H,20-32H2,1-19H3,(H,62,79)(H,63,74)(H,64,82)(H,65,83)(H,66,80)(H,67,76)(H,68,77)(H,69,78)(H,70,81). The molecule has 0 aromatic rings. The lowest BCUT2D eigenvalue weighted by Gasteiger charge is -2.36. The van der Waals surface area contributed by atoms with E-state index in [1.165, 1.54) is 90.9 Å². The van der Waals surface area contributed by atoms with Crippen LogP contribution >= 0.6 is 0 Å². The third-order valence-electron chi connectivity index (χ3n) is 15.7. The van der Waals surface area contributed by atoms with Crippen molar-refractivity contribution in [3.8, 4) is 0 Å². The van der Waals surface area contributed by atoms with Gasteiger partial charge in [-0.3, -0.25) is 62.3 Å². The highest BCUT2D eigenvalue weighted by molar-refractivity contribution is 6.01. The molecule has 0 aliphatic carbocycles. The highest BCUT2D eigenvalue weighted by Crippen LogP contribution is 2.27. The minimum atomic E-state index is -1.63. The van der Waals surface area contributed by atoms with Crippen molar-refractivity contribution in [1.82, 2.24) is 62.6 Å². The van der Waals surface area contributed by atoms with Crippen LogP contribution in [-0.4, -0.2) is 188 Å². The van der Waals surface area contributed by atoms with Gasteiger partial charge in [-0.15, -0.1) is 0 Å². The zero-order valence-electron chi connectivity index (χ0n) is 55.2. The van der Waals surface area contributed by atoms with Gasteiger partial charge in [-0.05, 0) is 144 Å². The maximum absolute atomic E-state index is 14.4. The van der Waals surface area contributed by atoms with E-state index in [4.69, 9.17) is 4.74 Å². The molecule has 3 saturated heterocycles. The number of amides is 12. The zero-order chi connectivity index (χ0) is 66.4. The van der Waals surface area contributed by atoms with Gasteiger partial charge in [-0.1, -0.05) is 55.4 Å². The Balaban J connectivity index is 1.66. The topological polar surface area (TPSA) is 349 Å². The van der Waals surface area contributed by atoms with E-state index in [0.717, 1.165) is 0 Å². The number of hydrogen-bond acceptors (Lipinski definition) is 14. The number of ether oxygens (including phenoxy) is 1. The normalized spacial score (nSPS) is 19.1. The van der Waals surface area contributed by atoms with Crippen LogP contribution in [0.25, 0.3) is 0 Å². The molecule has 12 amide bonds. The van der Waals surface area contributed by atoms with Crippen molar-refractivity contribution in [2.24, 2.45) is 23.7 Å². The van der Waals surface area contributed by atoms with Crippen LogP contribution < -0.4 is 47.9 Å². The second-order valence-electron chi connectivity index (χ2n) is 27.6. The number of carbonyl (C=O) groups excluding carboxylic acids is 13. The second kappa shape index (κ2) is 31.3. The maximum Gasteiger partial charge on any atom is 0.302 e. The molecule has 3 fully saturated rings. The number of likely N-dealkylation sites (tertiary alicyclic amines) is 3. The largest absolute Gasteiger partial charge is 0.464 e. The summed E-state index contributed by atoms with van der Waals surface area (Å²) in [5.41, 5.74) is -6.30. The molecule has 0 bridgehead atoms. The molecule has 8 atom stereocenters. The van der Waals surface area contributed by atoms with Crippen LogP contribution in [0.2, 0.25) is 0 Å². The Bertz CT molecular complexity index is 2550. The van der Waals surface area contributed by atoms with E-state index in [0.29, 0.717) is 38.5 Å². The highest BCUT2D eigenvalue weighted by Gasteiger charge is 2.48. The third kappa shape index (κ3) is 21.4. The molecule has 87 heavy (non-hydrogen) atoms. The van der Waals surface area contributed by atoms with Crippen LogP contribution in [0.4, 0.5) is 0 Å². The fraction of sp³-hybridized carbons (Fsp3) is 0.787. The first-order valence-corrected chi connectivity index (χ1v) is 30.9. The summed E-state index contributed by atoms with van der Waals surface area (Å²) < 4.78 is 5.18. The molecule has 26 nitrogen and oxygen atoms in total. The number of carbonyl (C=O) groups is 13. The fourth-order valence-electron chi connectivity index (χ4n) is 11.1. The van der Waals surface area contributed by atoms with E-state index in [9.17, 15) is 62.3 Å². The molecular formula is C61H104N12O14. The van der Waals surface area contributed by atoms with Gasteiger partial charge in [0.15, 0.2) is 0 Å². The fourth-order valence-corrected chi connectivity index (χ4v) is 11.1. The lowest BCUT2D eigenvalue weighted by Crippen LogP contribution is -2.65. The Labute approximate surface area is 514 Å². The van der Waals surface area contributed by atoms with Gasteiger partial charge in [0.2, 0.25) is 70.9 Å². The van der Waals surface area contributed by atoms with Crippen molar-refractivity contribution in [2.45, 2.75) is 260 Å². The van der Waals surface area contributed by atoms with Crippen molar-refractivity contribution in [3.05, 3.63) is 0 Å². The molecule has 0 saturated carbocycles. The first-order valence-electron chi connectivity index (χ1n) is 30.9. The van der Waals surface area contributed by atoms with Crippen molar-refractivity contribution in [1.29, 1.82) is 0 Å². The number of nitrogens with one attached hydrogen (secondary N) is 9. The van der Waals surface area contributed by atoms with Crippen LogP contribution in [0, 0.1) is 23.7 Å². The zero-order valence-corrected chi connectivity index (χ0v) is 55.2. The number of nitrogens with zero attached hydrogens (tertiary/aromatic N) is 3. The van der Waals surface area contributed by atoms with Crippen molar-refractivity contribution < 1.29 is 67.1 Å². The Morgan fingerprint density at radius 2 is 0.816 bits per heavy atom. The lowest BCUT2D eigenvalue weighted by atomic mass is 9.97. The molecule has 3 aliphatic heterocycles. The first kappa shape index (κ1) is 74.4. The average molecular weight is 1230 g/mol. The summed E-state index contributed by atoms with van der Waals surface area (Å²) in [5, 5.41) is 24.7. The summed E-state index contributed by atoms with van der Waals surface area (Å²) in [5.74, 6) is -7.88. The van der Waals surface area contributed by atoms with Crippen LogP contribution in [0.1, 0.15) is 189 Å². The molecule has 0 radical (unpaired) electrons. The minimum absolute atomic E-state index is 0.0339. The van der Waals surface area contributed by atoms with Crippen LogP contribution in [0.15, 0.2) is 0 Å². The van der Waals surface area contributed by atoms with Gasteiger partial charge in [0.05, 0.1) is 6.04 Å². The molecule has 492 valence electrons. The molecule has 9 N–H and O–H groups in total. The Kier molecular flexibility index (Phi) is 26.8. The lowest BCUT2D eigenvalue weighted by molar-refractivity contribution is -0.147. The third-order valence-corrected chi connectivity index (χ3v) is 15.7. The smallest absolute Gasteiger partial charge is 0.302 e. The highest BCUT2D eigenvalue weighted by atomic mass is 16.5. The maximum atomic E-state index is 14.4. The van der Waals surface area contributed by atoms with E-state index in [1.807, 2.05) is 41.5 Å². The number of hydrogen-bond donors (Lipinski definition) is 9. The van der Waals surface area contributed by atoms with E-state index in [-0.39, 0.29) is 69.2 Å². The Hall–Kier alpha value is -6.89. The van der Waals surface area contributed by atoms with E-state index >= 15 is 0 Å². The van der Waals surface area contributed by atoms with Crippen LogP contribution in [-0.2, 0) is 67.1 Å². The van der Waals surface area contributed by atoms with E-state index < -0.39 is 147 Å². The minimum Gasteiger partial charge on any atom is -0.464 e. The van der Waals surface area contributed by atoms with Crippen molar-refractivity contribution in [3.63, 3.8) is 0 Å². The number of rotatable bonds is 29.